The molecule has 3 aromatic rings. The first kappa shape index (κ1) is 18.8. The number of rotatable bonds is 4. The fourth-order valence-electron chi connectivity index (χ4n) is 2.53. The molecule has 0 saturated heterocycles. The van der Waals surface area contributed by atoms with Crippen molar-refractivity contribution in [2.75, 3.05) is 5.32 Å². The van der Waals surface area contributed by atoms with E-state index in [9.17, 15) is 4.79 Å². The first-order chi connectivity index (χ1) is 12.3. The molecule has 3 rings (SSSR count). The highest BCUT2D eigenvalue weighted by molar-refractivity contribution is 7.14. The normalized spacial score (nSPS) is 10.8. The van der Waals surface area contributed by atoms with Gasteiger partial charge in [-0.05, 0) is 38.5 Å². The van der Waals surface area contributed by atoms with E-state index >= 15 is 0 Å². The number of hydrogen-bond acceptors (Lipinski definition) is 5. The Morgan fingerprint density at radius 3 is 2.62 bits per heavy atom. The molecule has 0 radical (unpaired) electrons. The fourth-order valence-corrected chi connectivity index (χ4v) is 4.03. The number of thiazole rings is 1. The van der Waals surface area contributed by atoms with Gasteiger partial charge in [0.1, 0.15) is 15.9 Å². The van der Waals surface area contributed by atoms with Crippen molar-refractivity contribution in [3.05, 3.63) is 67.1 Å². The summed E-state index contributed by atoms with van der Waals surface area (Å²) in [5.41, 5.74) is 2.96. The van der Waals surface area contributed by atoms with Crippen LogP contribution in [-0.2, 0) is 6.42 Å². The van der Waals surface area contributed by atoms with Crippen LogP contribution in [-0.4, -0.2) is 20.9 Å². The van der Waals surface area contributed by atoms with Crippen LogP contribution in [0, 0.1) is 20.8 Å². The van der Waals surface area contributed by atoms with Crippen LogP contribution in [0.1, 0.15) is 37.5 Å². The minimum absolute atomic E-state index is 0.223. The van der Waals surface area contributed by atoms with E-state index in [1.165, 1.54) is 11.3 Å². The molecule has 8 heteroatoms. The molecule has 1 N–H and O–H groups in total. The van der Waals surface area contributed by atoms with Gasteiger partial charge < -0.3 is 5.32 Å². The first-order valence-corrected chi connectivity index (χ1v) is 9.43. The minimum Gasteiger partial charge on any atom is -0.320 e. The molecule has 0 aliphatic carbocycles. The molecule has 1 amide bonds. The van der Waals surface area contributed by atoms with Crippen molar-refractivity contribution in [1.29, 1.82) is 0 Å². The molecule has 5 nitrogen and oxygen atoms in total. The molecule has 0 aliphatic rings. The highest BCUT2D eigenvalue weighted by atomic mass is 35.5. The molecule has 0 unspecified atom stereocenters. The summed E-state index contributed by atoms with van der Waals surface area (Å²) in [7, 11) is 0. The van der Waals surface area contributed by atoms with E-state index in [0.29, 0.717) is 38.7 Å². The lowest BCUT2D eigenvalue weighted by molar-refractivity contribution is 0.102. The van der Waals surface area contributed by atoms with E-state index in [2.05, 4.69) is 20.3 Å². The summed E-state index contributed by atoms with van der Waals surface area (Å²) >= 11 is 13.5. The molecule has 0 aliphatic heterocycles. The molecule has 0 atom stereocenters. The number of carbonyl (C=O) groups is 1. The summed E-state index contributed by atoms with van der Waals surface area (Å²) in [4.78, 5) is 26.1. The Kier molecular flexibility index (Phi) is 5.55. The van der Waals surface area contributed by atoms with E-state index in [1.54, 1.807) is 19.1 Å². The zero-order valence-electron chi connectivity index (χ0n) is 14.4. The number of nitrogens with one attached hydrogen (secondary N) is 1. The van der Waals surface area contributed by atoms with Crippen molar-refractivity contribution in [2.24, 2.45) is 0 Å². The van der Waals surface area contributed by atoms with Crippen molar-refractivity contribution in [3.63, 3.8) is 0 Å². The number of anilines is 1. The number of para-hydroxylation sites is 1. The number of hydrogen-bond donors (Lipinski definition) is 1. The fraction of sp³-hybridized carbons (Fsp3) is 0.222. The van der Waals surface area contributed by atoms with Crippen molar-refractivity contribution in [1.82, 2.24) is 15.0 Å². The second kappa shape index (κ2) is 7.70. The standard InChI is InChI=1S/C18H16Cl2N4OS/c1-9-5-4-6-13(19)16(9)24-18(25)17-10(2)21-15(26-17)8-12-7-14(20)23-11(3)22-12/h4-7H,8H2,1-3H3,(H,24,25). The summed E-state index contributed by atoms with van der Waals surface area (Å²) in [6.45, 7) is 5.49. The summed E-state index contributed by atoms with van der Waals surface area (Å²) in [6, 6.07) is 7.19. The molecule has 0 spiro atoms. The molecule has 2 aromatic heterocycles. The summed E-state index contributed by atoms with van der Waals surface area (Å²) in [5, 5.41) is 4.58. The van der Waals surface area contributed by atoms with Crippen molar-refractivity contribution in [2.45, 2.75) is 27.2 Å². The van der Waals surface area contributed by atoms with E-state index in [0.717, 1.165) is 16.3 Å². The van der Waals surface area contributed by atoms with Gasteiger partial charge in [-0.25, -0.2) is 15.0 Å². The number of benzene rings is 1. The maximum absolute atomic E-state index is 12.7. The van der Waals surface area contributed by atoms with Gasteiger partial charge in [0.05, 0.1) is 27.1 Å². The highest BCUT2D eigenvalue weighted by Crippen LogP contribution is 2.28. The van der Waals surface area contributed by atoms with Gasteiger partial charge in [-0.1, -0.05) is 35.3 Å². The zero-order chi connectivity index (χ0) is 18.8. The Balaban J connectivity index is 1.82. The topological polar surface area (TPSA) is 67.8 Å². The first-order valence-electron chi connectivity index (χ1n) is 7.86. The number of halogens is 2. The predicted octanol–water partition coefficient (Wildman–Crippen LogP) is 5.01. The molecular formula is C18H16Cl2N4OS. The molecule has 134 valence electrons. The minimum atomic E-state index is -0.223. The monoisotopic (exact) mass is 406 g/mol. The summed E-state index contributed by atoms with van der Waals surface area (Å²) in [6.07, 6.45) is 0.493. The van der Waals surface area contributed by atoms with Crippen LogP contribution < -0.4 is 5.32 Å². The Morgan fingerprint density at radius 2 is 1.92 bits per heavy atom. The predicted molar refractivity (Wildman–Crippen MR) is 106 cm³/mol. The molecule has 0 fully saturated rings. The Hall–Kier alpha value is -2.02. The quantitative estimate of drug-likeness (QED) is 0.618. The number of aryl methyl sites for hydroxylation is 3. The summed E-state index contributed by atoms with van der Waals surface area (Å²) < 4.78 is 0. The number of nitrogens with zero attached hydrogens (tertiary/aromatic N) is 3. The second-order valence-electron chi connectivity index (χ2n) is 5.81. The maximum Gasteiger partial charge on any atom is 0.267 e. The van der Waals surface area contributed by atoms with Crippen LogP contribution in [0.3, 0.4) is 0 Å². The van der Waals surface area contributed by atoms with Crippen LogP contribution in [0.25, 0.3) is 0 Å². The van der Waals surface area contributed by atoms with E-state index < -0.39 is 0 Å². The molecule has 0 saturated carbocycles. The van der Waals surface area contributed by atoms with Gasteiger partial charge in [-0.3, -0.25) is 4.79 Å². The van der Waals surface area contributed by atoms with Gasteiger partial charge in [-0.15, -0.1) is 11.3 Å². The zero-order valence-corrected chi connectivity index (χ0v) is 16.8. The third-order valence-corrected chi connectivity index (χ3v) is 5.36. The van der Waals surface area contributed by atoms with Gasteiger partial charge in [0.2, 0.25) is 0 Å². The van der Waals surface area contributed by atoms with Crippen LogP contribution in [0.4, 0.5) is 5.69 Å². The maximum atomic E-state index is 12.7. The number of amides is 1. The molecule has 1 aromatic carbocycles. The van der Waals surface area contributed by atoms with Gasteiger partial charge in [0, 0.05) is 6.42 Å². The lowest BCUT2D eigenvalue weighted by Gasteiger charge is -2.09. The largest absolute Gasteiger partial charge is 0.320 e. The van der Waals surface area contributed by atoms with Crippen molar-refractivity contribution in [3.8, 4) is 0 Å². The third-order valence-electron chi connectivity index (χ3n) is 3.70. The van der Waals surface area contributed by atoms with Gasteiger partial charge in [0.25, 0.3) is 5.91 Å². The van der Waals surface area contributed by atoms with Crippen LogP contribution in [0.15, 0.2) is 24.3 Å². The molecule has 26 heavy (non-hydrogen) atoms. The number of aromatic nitrogens is 3. The average molecular weight is 407 g/mol. The summed E-state index contributed by atoms with van der Waals surface area (Å²) in [5.74, 6) is 0.382. The Labute approximate surface area is 165 Å². The lowest BCUT2D eigenvalue weighted by atomic mass is 10.2. The van der Waals surface area contributed by atoms with Crippen molar-refractivity contribution >= 4 is 46.1 Å². The third kappa shape index (κ3) is 4.20. The number of carbonyl (C=O) groups excluding carboxylic acids is 1. The SMILES string of the molecule is Cc1nc(Cl)cc(Cc2nc(C)c(C(=O)Nc3c(C)cccc3Cl)s2)n1. The molecule has 2 heterocycles. The Morgan fingerprint density at radius 1 is 1.15 bits per heavy atom. The average Bonchev–Trinajstić information content (AvgIpc) is 2.90. The highest BCUT2D eigenvalue weighted by Gasteiger charge is 2.18. The Bertz CT molecular complexity index is 947. The molecule has 0 bridgehead atoms. The van der Waals surface area contributed by atoms with Crippen LogP contribution in [0.5, 0.6) is 0 Å². The van der Waals surface area contributed by atoms with Crippen molar-refractivity contribution < 1.29 is 4.79 Å². The lowest BCUT2D eigenvalue weighted by Crippen LogP contribution is -2.12. The van der Waals surface area contributed by atoms with E-state index in [-0.39, 0.29) is 5.91 Å². The van der Waals surface area contributed by atoms with Gasteiger partial charge in [0.15, 0.2) is 0 Å². The van der Waals surface area contributed by atoms with Crippen LogP contribution in [0.2, 0.25) is 10.2 Å². The molecular weight excluding hydrogens is 391 g/mol. The second-order valence-corrected chi connectivity index (χ2v) is 7.69. The smallest absolute Gasteiger partial charge is 0.267 e. The van der Waals surface area contributed by atoms with E-state index in [1.807, 2.05) is 26.0 Å². The van der Waals surface area contributed by atoms with Gasteiger partial charge in [-0.2, -0.15) is 0 Å². The van der Waals surface area contributed by atoms with Crippen LogP contribution >= 0.6 is 34.5 Å². The van der Waals surface area contributed by atoms with Gasteiger partial charge >= 0.3 is 0 Å². The van der Waals surface area contributed by atoms with E-state index in [4.69, 9.17) is 23.2 Å².